The number of phenolic OH excluding ortho intramolecular Hbond substituents is 1. The zero-order valence-corrected chi connectivity index (χ0v) is 15.8. The first-order chi connectivity index (χ1) is 12.3. The quantitative estimate of drug-likeness (QED) is 0.433. The molecule has 0 aromatic heterocycles. The van der Waals surface area contributed by atoms with E-state index in [4.69, 9.17) is 15.0 Å². The number of aliphatic hydroxyl groups is 2. The third kappa shape index (κ3) is 18.7. The summed E-state index contributed by atoms with van der Waals surface area (Å²) in [4.78, 5) is 8.00. The van der Waals surface area contributed by atoms with Crippen molar-refractivity contribution < 1.29 is 20.1 Å². The van der Waals surface area contributed by atoms with E-state index in [-0.39, 0.29) is 13.2 Å². The van der Waals surface area contributed by atoms with Crippen molar-refractivity contribution in [3.63, 3.8) is 0 Å². The molecular weight excluding hydrogens is 318 g/mol. The third-order valence-corrected chi connectivity index (χ3v) is 3.62. The largest absolute Gasteiger partial charge is 0.508 e. The molecule has 1 rings (SSSR count). The molecule has 0 unspecified atom stereocenters. The normalized spacial score (nSPS) is 9.56. The van der Waals surface area contributed by atoms with Crippen LogP contribution in [0, 0.1) is 0 Å². The first-order valence-corrected chi connectivity index (χ1v) is 9.24. The fraction of sp³-hybridized carbons (Fsp3) is 0.650. The number of para-hydroxylation sites is 1. The molecule has 0 bridgehead atoms. The average Bonchev–Trinajstić information content (AvgIpc) is 2.65. The molecule has 0 saturated carbocycles. The van der Waals surface area contributed by atoms with Gasteiger partial charge in [-0.05, 0) is 24.5 Å². The van der Waals surface area contributed by atoms with Gasteiger partial charge in [0.25, 0.3) is 0 Å². The number of unbranched alkanes of at least 4 members (excludes halogenated alkanes) is 6. The van der Waals surface area contributed by atoms with Crippen molar-refractivity contribution in [2.45, 2.75) is 58.3 Å². The number of aromatic hydroxyl groups is 1. The maximum atomic E-state index is 9.58. The lowest BCUT2D eigenvalue weighted by molar-refractivity contribution is -0.0979. The van der Waals surface area contributed by atoms with Crippen LogP contribution in [0.4, 0.5) is 0 Å². The Bertz CT molecular complexity index is 370. The Kier molecular flexibility index (Phi) is 23.3. The Morgan fingerprint density at radius 2 is 1.40 bits per heavy atom. The highest BCUT2D eigenvalue weighted by Crippen LogP contribution is 2.18. The van der Waals surface area contributed by atoms with E-state index in [1.165, 1.54) is 44.9 Å². The average molecular weight is 356 g/mol. The topological polar surface area (TPSA) is 89.8 Å². The van der Waals surface area contributed by atoms with Gasteiger partial charge in [-0.2, -0.15) is 0 Å². The molecule has 146 valence electrons. The summed E-state index contributed by atoms with van der Waals surface area (Å²) in [6, 6.07) is 7.67. The summed E-state index contributed by atoms with van der Waals surface area (Å²) in [6.07, 6.45) is 10.3. The van der Waals surface area contributed by atoms with Crippen molar-refractivity contribution in [2.24, 2.45) is 0 Å². The van der Waals surface area contributed by atoms with Gasteiger partial charge < -0.3 is 25.4 Å². The van der Waals surface area contributed by atoms with Gasteiger partial charge in [-0.3, -0.25) is 0 Å². The molecule has 5 heteroatoms. The summed E-state index contributed by atoms with van der Waals surface area (Å²) < 4.78 is 0. The van der Waals surface area contributed by atoms with Crippen LogP contribution in [0.25, 0.3) is 0 Å². The summed E-state index contributed by atoms with van der Waals surface area (Å²) in [5.41, 5.74) is 1.09. The minimum absolute atomic E-state index is 0.139. The van der Waals surface area contributed by atoms with Crippen molar-refractivity contribution in [3.8, 4) is 5.75 Å². The highest BCUT2D eigenvalue weighted by Gasteiger charge is 1.98. The minimum atomic E-state index is 0.139. The maximum absolute atomic E-state index is 9.58. The van der Waals surface area contributed by atoms with Crippen molar-refractivity contribution in [2.75, 3.05) is 26.3 Å². The number of aryl methyl sites for hydroxylation is 1. The highest BCUT2D eigenvalue weighted by molar-refractivity contribution is 5.31. The first-order valence-electron chi connectivity index (χ1n) is 9.24. The Balaban J connectivity index is 0. The van der Waals surface area contributed by atoms with Crippen molar-refractivity contribution in [1.82, 2.24) is 5.32 Å². The van der Waals surface area contributed by atoms with Crippen molar-refractivity contribution >= 4 is 6.79 Å². The molecule has 0 heterocycles. The summed E-state index contributed by atoms with van der Waals surface area (Å²) in [7, 11) is 0. The molecular formula is C20H37NO4. The fourth-order valence-electron chi connectivity index (χ4n) is 2.28. The SMILES string of the molecule is C=O.CCCCCCCCCc1ccccc1O.OCCNCCO. The van der Waals surface area contributed by atoms with E-state index < -0.39 is 0 Å². The maximum Gasteiger partial charge on any atom is 0.118 e. The predicted molar refractivity (Wildman–Crippen MR) is 104 cm³/mol. The molecule has 0 radical (unpaired) electrons. The lowest BCUT2D eigenvalue weighted by Crippen LogP contribution is -2.21. The van der Waals surface area contributed by atoms with Crippen LogP contribution >= 0.6 is 0 Å². The van der Waals surface area contributed by atoms with Crippen molar-refractivity contribution in [3.05, 3.63) is 29.8 Å². The van der Waals surface area contributed by atoms with Gasteiger partial charge in [-0.1, -0.05) is 63.6 Å². The van der Waals surface area contributed by atoms with Gasteiger partial charge in [0.05, 0.1) is 13.2 Å². The number of carbonyl (C=O) groups excluding carboxylic acids is 1. The Labute approximate surface area is 153 Å². The van der Waals surface area contributed by atoms with E-state index in [1.54, 1.807) is 6.07 Å². The van der Waals surface area contributed by atoms with Gasteiger partial charge in [0.1, 0.15) is 12.5 Å². The molecule has 25 heavy (non-hydrogen) atoms. The molecule has 1 aromatic rings. The van der Waals surface area contributed by atoms with Gasteiger partial charge >= 0.3 is 0 Å². The minimum Gasteiger partial charge on any atom is -0.508 e. The van der Waals surface area contributed by atoms with Crippen molar-refractivity contribution in [1.29, 1.82) is 0 Å². The summed E-state index contributed by atoms with van der Waals surface area (Å²) in [5.74, 6) is 0.452. The molecule has 0 spiro atoms. The molecule has 0 fully saturated rings. The molecule has 1 aromatic carbocycles. The number of benzene rings is 1. The van der Waals surface area contributed by atoms with E-state index >= 15 is 0 Å². The molecule has 4 N–H and O–H groups in total. The first kappa shape index (κ1) is 25.8. The van der Waals surface area contributed by atoms with Crippen LogP contribution in [0.1, 0.15) is 57.4 Å². The zero-order chi connectivity index (χ0) is 19.2. The molecule has 0 saturated heterocycles. The predicted octanol–water partition coefficient (Wildman–Crippen LogP) is 3.06. The fourth-order valence-corrected chi connectivity index (χ4v) is 2.28. The Morgan fingerprint density at radius 3 is 1.92 bits per heavy atom. The second-order valence-corrected chi connectivity index (χ2v) is 5.70. The van der Waals surface area contributed by atoms with E-state index in [2.05, 4.69) is 12.2 Å². The van der Waals surface area contributed by atoms with Gasteiger partial charge in [-0.15, -0.1) is 0 Å². The van der Waals surface area contributed by atoms with Crippen LogP contribution in [-0.2, 0) is 11.2 Å². The van der Waals surface area contributed by atoms with Crippen LogP contribution in [-0.4, -0.2) is 48.4 Å². The lowest BCUT2D eigenvalue weighted by Gasteiger charge is -2.04. The molecule has 0 amide bonds. The summed E-state index contributed by atoms with van der Waals surface area (Å²) in [5, 5.41) is 28.7. The standard InChI is InChI=1S/C15H24O.C4H11NO2.CH2O/c1-2-3-4-5-6-7-8-11-14-12-9-10-13-15(14)16;6-3-1-5-2-4-7;1-2/h9-10,12-13,16H,2-8,11H2,1H3;5-7H,1-4H2;1H2. The zero-order valence-electron chi connectivity index (χ0n) is 15.8. The van der Waals surface area contributed by atoms with Gasteiger partial charge in [-0.25, -0.2) is 0 Å². The number of phenols is 1. The number of hydrogen-bond acceptors (Lipinski definition) is 5. The number of rotatable bonds is 12. The van der Waals surface area contributed by atoms with E-state index in [9.17, 15) is 5.11 Å². The Morgan fingerprint density at radius 1 is 0.880 bits per heavy atom. The second-order valence-electron chi connectivity index (χ2n) is 5.70. The number of hydrogen-bond donors (Lipinski definition) is 4. The number of carbonyl (C=O) groups is 1. The van der Waals surface area contributed by atoms with Crippen LogP contribution in [0.3, 0.4) is 0 Å². The molecule has 5 nitrogen and oxygen atoms in total. The Hall–Kier alpha value is -1.43. The second kappa shape index (κ2) is 22.6. The van der Waals surface area contributed by atoms with E-state index in [1.807, 2.05) is 25.0 Å². The van der Waals surface area contributed by atoms with E-state index in [0.29, 0.717) is 18.8 Å². The van der Waals surface area contributed by atoms with Gasteiger partial charge in [0.15, 0.2) is 0 Å². The van der Waals surface area contributed by atoms with Crippen LogP contribution < -0.4 is 5.32 Å². The number of nitrogens with one attached hydrogen (secondary N) is 1. The van der Waals surface area contributed by atoms with Crippen LogP contribution in [0.15, 0.2) is 24.3 Å². The molecule has 0 atom stereocenters. The monoisotopic (exact) mass is 355 g/mol. The summed E-state index contributed by atoms with van der Waals surface area (Å²) >= 11 is 0. The molecule has 0 aliphatic carbocycles. The molecule has 0 aliphatic rings. The smallest absolute Gasteiger partial charge is 0.118 e. The van der Waals surface area contributed by atoms with Gasteiger partial charge in [0, 0.05) is 13.1 Å². The van der Waals surface area contributed by atoms with Gasteiger partial charge in [0.2, 0.25) is 0 Å². The van der Waals surface area contributed by atoms with Crippen LogP contribution in [0.2, 0.25) is 0 Å². The lowest BCUT2D eigenvalue weighted by atomic mass is 10.0. The third-order valence-electron chi connectivity index (χ3n) is 3.62. The molecule has 0 aliphatic heterocycles. The number of aliphatic hydroxyl groups excluding tert-OH is 2. The highest BCUT2D eigenvalue weighted by atomic mass is 16.3. The van der Waals surface area contributed by atoms with E-state index in [0.717, 1.165) is 12.0 Å². The van der Waals surface area contributed by atoms with Crippen LogP contribution in [0.5, 0.6) is 5.75 Å². The summed E-state index contributed by atoms with van der Waals surface area (Å²) in [6.45, 7) is 5.67.